The Hall–Kier alpha value is -3.02. The standard InChI is InChI=1S/C20H19FN2O3/c1-2-26-19(24)13-23-17-10-6-4-8-15(17)20(25)22-18(23)12-11-14-7-3-5-9-16(14)21/h3-10H,2,11-13H2,1H3. The highest BCUT2D eigenvalue weighted by Gasteiger charge is 2.14. The Balaban J connectivity index is 2.01. The molecule has 3 rings (SSSR count). The lowest BCUT2D eigenvalue weighted by atomic mass is 10.1. The van der Waals surface area contributed by atoms with E-state index in [9.17, 15) is 14.0 Å². The van der Waals surface area contributed by atoms with Crippen LogP contribution >= 0.6 is 0 Å². The van der Waals surface area contributed by atoms with Crippen molar-refractivity contribution in [2.75, 3.05) is 6.61 Å². The molecule has 0 saturated heterocycles. The van der Waals surface area contributed by atoms with Crippen LogP contribution in [0.25, 0.3) is 10.9 Å². The summed E-state index contributed by atoms with van der Waals surface area (Å²) in [6.07, 6.45) is 0.709. The van der Waals surface area contributed by atoms with Gasteiger partial charge in [-0.3, -0.25) is 9.59 Å². The predicted octanol–water partition coefficient (Wildman–Crippen LogP) is 2.88. The minimum atomic E-state index is -0.407. The molecule has 6 heteroatoms. The van der Waals surface area contributed by atoms with Gasteiger partial charge >= 0.3 is 5.97 Å². The van der Waals surface area contributed by atoms with Gasteiger partial charge in [0.1, 0.15) is 18.2 Å². The van der Waals surface area contributed by atoms with Crippen LogP contribution < -0.4 is 5.56 Å². The van der Waals surface area contributed by atoms with Crippen LogP contribution in [0, 0.1) is 5.82 Å². The molecule has 5 nitrogen and oxygen atoms in total. The zero-order valence-electron chi connectivity index (χ0n) is 14.4. The van der Waals surface area contributed by atoms with E-state index in [2.05, 4.69) is 4.98 Å². The molecular formula is C20H19FN2O3. The van der Waals surface area contributed by atoms with E-state index >= 15 is 0 Å². The lowest BCUT2D eigenvalue weighted by molar-refractivity contribution is -0.143. The Morgan fingerprint density at radius 2 is 1.85 bits per heavy atom. The molecule has 0 atom stereocenters. The van der Waals surface area contributed by atoms with Crippen molar-refractivity contribution in [1.82, 2.24) is 9.55 Å². The topological polar surface area (TPSA) is 61.2 Å². The van der Waals surface area contributed by atoms with Gasteiger partial charge in [0.25, 0.3) is 5.56 Å². The summed E-state index contributed by atoms with van der Waals surface area (Å²) in [5, 5.41) is 0.437. The summed E-state index contributed by atoms with van der Waals surface area (Å²) in [6, 6.07) is 13.5. The summed E-state index contributed by atoms with van der Waals surface area (Å²) < 4.78 is 20.6. The number of hydrogen-bond donors (Lipinski definition) is 0. The lowest BCUT2D eigenvalue weighted by Gasteiger charge is -2.15. The minimum absolute atomic E-state index is 0.0474. The molecule has 0 spiro atoms. The van der Waals surface area contributed by atoms with Crippen molar-refractivity contribution in [1.29, 1.82) is 0 Å². The third kappa shape index (κ3) is 3.79. The van der Waals surface area contributed by atoms with Crippen molar-refractivity contribution < 1.29 is 13.9 Å². The molecule has 0 unspecified atom stereocenters. The monoisotopic (exact) mass is 354 g/mol. The molecule has 1 aromatic heterocycles. The van der Waals surface area contributed by atoms with Crippen molar-refractivity contribution >= 4 is 16.9 Å². The maximum atomic E-state index is 13.9. The number of aromatic nitrogens is 2. The van der Waals surface area contributed by atoms with Crippen LogP contribution in [-0.4, -0.2) is 22.1 Å². The second kappa shape index (κ2) is 7.91. The number of aryl methyl sites for hydroxylation is 2. The van der Waals surface area contributed by atoms with E-state index in [1.807, 2.05) is 0 Å². The molecular weight excluding hydrogens is 335 g/mol. The molecule has 0 N–H and O–H groups in total. The van der Waals surface area contributed by atoms with E-state index < -0.39 is 5.97 Å². The van der Waals surface area contributed by atoms with Gasteiger partial charge in [0.05, 0.1) is 17.5 Å². The van der Waals surface area contributed by atoms with Crippen molar-refractivity contribution in [3.63, 3.8) is 0 Å². The summed E-state index contributed by atoms with van der Waals surface area (Å²) in [5.74, 6) is -0.271. The number of rotatable bonds is 6. The van der Waals surface area contributed by atoms with Gasteiger partial charge in [-0.05, 0) is 37.1 Å². The Bertz CT molecular complexity index is 998. The van der Waals surface area contributed by atoms with Crippen LogP contribution in [0.2, 0.25) is 0 Å². The summed E-state index contributed by atoms with van der Waals surface area (Å²) in [5.41, 5.74) is 0.797. The molecule has 0 aliphatic carbocycles. The Morgan fingerprint density at radius 1 is 1.12 bits per heavy atom. The fourth-order valence-electron chi connectivity index (χ4n) is 2.92. The molecule has 0 saturated carbocycles. The molecule has 0 aliphatic rings. The van der Waals surface area contributed by atoms with Crippen LogP contribution in [0.5, 0.6) is 0 Å². The predicted molar refractivity (Wildman–Crippen MR) is 96.4 cm³/mol. The highest BCUT2D eigenvalue weighted by molar-refractivity contribution is 5.80. The van der Waals surface area contributed by atoms with Gasteiger partial charge in [-0.1, -0.05) is 30.3 Å². The Morgan fingerprint density at radius 3 is 2.62 bits per heavy atom. The number of esters is 1. The minimum Gasteiger partial charge on any atom is -0.465 e. The van der Waals surface area contributed by atoms with E-state index in [0.29, 0.717) is 35.1 Å². The molecule has 3 aromatic rings. The number of ether oxygens (including phenoxy) is 1. The fourth-order valence-corrected chi connectivity index (χ4v) is 2.92. The zero-order chi connectivity index (χ0) is 18.5. The maximum absolute atomic E-state index is 13.9. The molecule has 0 radical (unpaired) electrons. The van der Waals surface area contributed by atoms with Crippen molar-refractivity contribution in [3.05, 3.63) is 76.1 Å². The van der Waals surface area contributed by atoms with Gasteiger partial charge in [0, 0.05) is 6.42 Å². The molecule has 0 amide bonds. The summed E-state index contributed by atoms with van der Waals surface area (Å²) >= 11 is 0. The molecule has 0 bridgehead atoms. The first kappa shape index (κ1) is 17.8. The second-order valence-corrected chi connectivity index (χ2v) is 5.83. The quantitative estimate of drug-likeness (QED) is 0.639. The fraction of sp³-hybridized carbons (Fsp3) is 0.250. The highest BCUT2D eigenvalue weighted by Crippen LogP contribution is 2.15. The van der Waals surface area contributed by atoms with Crippen molar-refractivity contribution in [2.45, 2.75) is 26.3 Å². The van der Waals surface area contributed by atoms with Crippen LogP contribution in [0.1, 0.15) is 18.3 Å². The number of fused-ring (bicyclic) bond motifs is 1. The normalized spacial score (nSPS) is 10.8. The van der Waals surface area contributed by atoms with Gasteiger partial charge in [0.2, 0.25) is 0 Å². The van der Waals surface area contributed by atoms with Crippen molar-refractivity contribution in [3.8, 4) is 0 Å². The SMILES string of the molecule is CCOC(=O)Cn1c(CCc2ccccc2F)nc(=O)c2ccccc21. The van der Waals surface area contributed by atoms with E-state index in [0.717, 1.165) is 0 Å². The van der Waals surface area contributed by atoms with Gasteiger partial charge < -0.3 is 9.30 Å². The zero-order valence-corrected chi connectivity index (χ0v) is 14.4. The second-order valence-electron chi connectivity index (χ2n) is 5.83. The van der Waals surface area contributed by atoms with Gasteiger partial charge in [-0.2, -0.15) is 4.98 Å². The van der Waals surface area contributed by atoms with Crippen LogP contribution in [0.3, 0.4) is 0 Å². The number of para-hydroxylation sites is 1. The average Bonchev–Trinajstić information content (AvgIpc) is 2.64. The number of benzene rings is 2. The van der Waals surface area contributed by atoms with E-state index in [1.54, 1.807) is 54.0 Å². The largest absolute Gasteiger partial charge is 0.465 e. The van der Waals surface area contributed by atoms with E-state index in [1.165, 1.54) is 6.07 Å². The first-order chi connectivity index (χ1) is 12.6. The summed E-state index contributed by atoms with van der Waals surface area (Å²) in [6.45, 7) is 1.96. The van der Waals surface area contributed by atoms with Gasteiger partial charge in [0.15, 0.2) is 0 Å². The number of nitrogens with zero attached hydrogens (tertiary/aromatic N) is 2. The maximum Gasteiger partial charge on any atom is 0.326 e. The van der Waals surface area contributed by atoms with Gasteiger partial charge in [-0.25, -0.2) is 4.39 Å². The first-order valence-corrected chi connectivity index (χ1v) is 8.47. The average molecular weight is 354 g/mol. The molecule has 134 valence electrons. The van der Waals surface area contributed by atoms with Crippen LogP contribution in [-0.2, 0) is 28.9 Å². The molecule has 26 heavy (non-hydrogen) atoms. The number of carbonyl (C=O) groups is 1. The van der Waals surface area contributed by atoms with E-state index in [4.69, 9.17) is 4.74 Å². The first-order valence-electron chi connectivity index (χ1n) is 8.47. The smallest absolute Gasteiger partial charge is 0.326 e. The number of carbonyl (C=O) groups excluding carboxylic acids is 1. The Kier molecular flexibility index (Phi) is 5.41. The van der Waals surface area contributed by atoms with Gasteiger partial charge in [-0.15, -0.1) is 0 Å². The van der Waals surface area contributed by atoms with E-state index in [-0.39, 0.29) is 24.5 Å². The lowest BCUT2D eigenvalue weighted by Crippen LogP contribution is -2.23. The number of hydrogen-bond acceptors (Lipinski definition) is 4. The highest BCUT2D eigenvalue weighted by atomic mass is 19.1. The Labute approximate surface area is 150 Å². The summed E-state index contributed by atoms with van der Waals surface area (Å²) in [4.78, 5) is 28.5. The molecule has 1 heterocycles. The third-order valence-corrected chi connectivity index (χ3v) is 4.14. The third-order valence-electron chi connectivity index (χ3n) is 4.14. The summed E-state index contributed by atoms with van der Waals surface area (Å²) in [7, 11) is 0. The molecule has 0 aliphatic heterocycles. The van der Waals surface area contributed by atoms with Crippen LogP contribution in [0.4, 0.5) is 4.39 Å². The number of halogens is 1. The van der Waals surface area contributed by atoms with Crippen LogP contribution in [0.15, 0.2) is 53.3 Å². The van der Waals surface area contributed by atoms with Crippen molar-refractivity contribution in [2.24, 2.45) is 0 Å². The molecule has 0 fully saturated rings. The molecule has 2 aromatic carbocycles.